The first kappa shape index (κ1) is 13.9. The molecule has 0 saturated heterocycles. The topological polar surface area (TPSA) is 12.0 Å². The van der Waals surface area contributed by atoms with E-state index in [0.29, 0.717) is 12.8 Å². The lowest BCUT2D eigenvalue weighted by atomic mass is 9.83. The standard InChI is InChI=1S/C13H18F3NS/c1-9(12-7-4-8-18-12)17-11-6-3-2-5-10(11)13(14,15)16/h4,7-11,17H,2-3,5-6H2,1H3/t9-,10?,11?/m0/s1. The number of alkyl halides is 3. The van der Waals surface area contributed by atoms with Crippen molar-refractivity contribution in [1.29, 1.82) is 0 Å². The number of hydrogen-bond acceptors (Lipinski definition) is 2. The second kappa shape index (κ2) is 5.61. The first-order chi connectivity index (χ1) is 8.48. The van der Waals surface area contributed by atoms with E-state index in [2.05, 4.69) is 5.32 Å². The van der Waals surface area contributed by atoms with Crippen LogP contribution in [0.1, 0.15) is 43.5 Å². The summed E-state index contributed by atoms with van der Waals surface area (Å²) in [6.45, 7) is 1.94. The van der Waals surface area contributed by atoms with Crippen LogP contribution in [-0.2, 0) is 0 Å². The lowest BCUT2D eigenvalue weighted by molar-refractivity contribution is -0.189. The molecule has 0 aromatic carbocycles. The summed E-state index contributed by atoms with van der Waals surface area (Å²) in [7, 11) is 0. The van der Waals surface area contributed by atoms with Crippen molar-refractivity contribution in [2.45, 2.75) is 50.9 Å². The predicted octanol–water partition coefficient (Wildman–Crippen LogP) is 4.52. The molecule has 18 heavy (non-hydrogen) atoms. The third kappa shape index (κ3) is 3.26. The molecule has 1 aromatic rings. The van der Waals surface area contributed by atoms with E-state index in [1.54, 1.807) is 11.3 Å². The molecule has 1 aliphatic carbocycles. The summed E-state index contributed by atoms with van der Waals surface area (Å²) in [6.07, 6.45) is -1.61. The van der Waals surface area contributed by atoms with Crippen LogP contribution in [0.25, 0.3) is 0 Å². The van der Waals surface area contributed by atoms with Gasteiger partial charge >= 0.3 is 6.18 Å². The number of halogens is 3. The molecule has 3 atom stereocenters. The fourth-order valence-corrected chi connectivity index (χ4v) is 3.41. The van der Waals surface area contributed by atoms with Crippen LogP contribution in [-0.4, -0.2) is 12.2 Å². The molecule has 1 aliphatic rings. The molecule has 1 N–H and O–H groups in total. The highest BCUT2D eigenvalue weighted by Crippen LogP contribution is 2.38. The number of rotatable bonds is 3. The van der Waals surface area contributed by atoms with E-state index < -0.39 is 18.1 Å². The van der Waals surface area contributed by atoms with Crippen LogP contribution in [0, 0.1) is 5.92 Å². The zero-order valence-corrected chi connectivity index (χ0v) is 11.2. The van der Waals surface area contributed by atoms with Gasteiger partial charge in [0.05, 0.1) is 5.92 Å². The van der Waals surface area contributed by atoms with Crippen molar-refractivity contribution in [3.8, 4) is 0 Å². The Morgan fingerprint density at radius 1 is 1.33 bits per heavy atom. The van der Waals surface area contributed by atoms with Crippen molar-refractivity contribution in [2.75, 3.05) is 0 Å². The number of hydrogen-bond donors (Lipinski definition) is 1. The third-order valence-electron chi connectivity index (χ3n) is 3.62. The maximum absolute atomic E-state index is 12.9. The Hall–Kier alpha value is -0.550. The summed E-state index contributed by atoms with van der Waals surface area (Å²) < 4.78 is 38.8. The van der Waals surface area contributed by atoms with Gasteiger partial charge in [-0.1, -0.05) is 18.9 Å². The fourth-order valence-electron chi connectivity index (χ4n) is 2.66. The minimum absolute atomic E-state index is 0.00190. The zero-order valence-electron chi connectivity index (χ0n) is 10.3. The van der Waals surface area contributed by atoms with Gasteiger partial charge in [0.25, 0.3) is 0 Å². The quantitative estimate of drug-likeness (QED) is 0.856. The van der Waals surface area contributed by atoms with Crippen LogP contribution in [0.5, 0.6) is 0 Å². The maximum atomic E-state index is 12.9. The highest BCUT2D eigenvalue weighted by atomic mass is 32.1. The largest absolute Gasteiger partial charge is 0.393 e. The van der Waals surface area contributed by atoms with Crippen LogP contribution in [0.3, 0.4) is 0 Å². The number of thiophene rings is 1. The van der Waals surface area contributed by atoms with Gasteiger partial charge in [-0.15, -0.1) is 11.3 Å². The second-order valence-electron chi connectivity index (χ2n) is 4.94. The normalized spacial score (nSPS) is 27.1. The summed E-state index contributed by atoms with van der Waals surface area (Å²) in [6, 6.07) is 3.46. The SMILES string of the molecule is C[C@H](NC1CCCCC1C(F)(F)F)c1cccs1. The van der Waals surface area contributed by atoms with Crippen LogP contribution < -0.4 is 5.32 Å². The van der Waals surface area contributed by atoms with Crippen molar-refractivity contribution in [1.82, 2.24) is 5.32 Å². The van der Waals surface area contributed by atoms with Gasteiger partial charge in [-0.05, 0) is 31.2 Å². The molecule has 0 bridgehead atoms. The van der Waals surface area contributed by atoms with Gasteiger partial charge in [0, 0.05) is 17.0 Å². The molecular weight excluding hydrogens is 259 g/mol. The van der Waals surface area contributed by atoms with Gasteiger partial charge in [0.15, 0.2) is 0 Å². The van der Waals surface area contributed by atoms with Gasteiger partial charge < -0.3 is 5.32 Å². The first-order valence-electron chi connectivity index (χ1n) is 6.34. The molecular formula is C13H18F3NS. The summed E-state index contributed by atoms with van der Waals surface area (Å²) in [5.74, 6) is -1.19. The zero-order chi connectivity index (χ0) is 13.2. The van der Waals surface area contributed by atoms with E-state index in [0.717, 1.165) is 11.3 Å². The highest BCUT2D eigenvalue weighted by Gasteiger charge is 2.45. The molecule has 1 aromatic heterocycles. The fraction of sp³-hybridized carbons (Fsp3) is 0.692. The molecule has 1 heterocycles. The molecule has 102 valence electrons. The van der Waals surface area contributed by atoms with E-state index >= 15 is 0 Å². The van der Waals surface area contributed by atoms with Gasteiger partial charge in [-0.2, -0.15) is 13.2 Å². The summed E-state index contributed by atoms with van der Waals surface area (Å²) in [5.41, 5.74) is 0. The molecule has 2 unspecified atom stereocenters. The third-order valence-corrected chi connectivity index (χ3v) is 4.68. The Morgan fingerprint density at radius 2 is 2.06 bits per heavy atom. The van der Waals surface area contributed by atoms with E-state index in [1.807, 2.05) is 24.4 Å². The predicted molar refractivity (Wildman–Crippen MR) is 67.7 cm³/mol. The smallest absolute Gasteiger partial charge is 0.306 e. The van der Waals surface area contributed by atoms with Crippen LogP contribution in [0.2, 0.25) is 0 Å². The molecule has 0 amide bonds. The van der Waals surface area contributed by atoms with Crippen LogP contribution in [0.4, 0.5) is 13.2 Å². The Bertz CT molecular complexity index is 361. The lowest BCUT2D eigenvalue weighted by Gasteiger charge is -2.35. The van der Waals surface area contributed by atoms with Gasteiger partial charge in [-0.3, -0.25) is 0 Å². The average molecular weight is 277 g/mol. The molecule has 5 heteroatoms. The van der Waals surface area contributed by atoms with E-state index in [4.69, 9.17) is 0 Å². The minimum Gasteiger partial charge on any atom is -0.306 e. The van der Waals surface area contributed by atoms with Crippen LogP contribution in [0.15, 0.2) is 17.5 Å². The number of nitrogens with one attached hydrogen (secondary N) is 1. The molecule has 2 rings (SSSR count). The Kier molecular flexibility index (Phi) is 4.33. The van der Waals surface area contributed by atoms with Crippen molar-refractivity contribution in [3.63, 3.8) is 0 Å². The molecule has 1 nitrogen and oxygen atoms in total. The van der Waals surface area contributed by atoms with Gasteiger partial charge in [0.1, 0.15) is 0 Å². The van der Waals surface area contributed by atoms with Crippen molar-refractivity contribution < 1.29 is 13.2 Å². The molecule has 1 saturated carbocycles. The van der Waals surface area contributed by atoms with Crippen molar-refractivity contribution >= 4 is 11.3 Å². The Balaban J connectivity index is 2.01. The van der Waals surface area contributed by atoms with E-state index in [9.17, 15) is 13.2 Å². The van der Waals surface area contributed by atoms with Crippen molar-refractivity contribution in [2.24, 2.45) is 5.92 Å². The van der Waals surface area contributed by atoms with Gasteiger partial charge in [0.2, 0.25) is 0 Å². The molecule has 0 radical (unpaired) electrons. The Morgan fingerprint density at radius 3 is 2.67 bits per heavy atom. The van der Waals surface area contributed by atoms with E-state index in [-0.39, 0.29) is 12.5 Å². The first-order valence-corrected chi connectivity index (χ1v) is 7.22. The van der Waals surface area contributed by atoms with Crippen LogP contribution >= 0.6 is 11.3 Å². The average Bonchev–Trinajstić information content (AvgIpc) is 2.81. The van der Waals surface area contributed by atoms with Gasteiger partial charge in [-0.25, -0.2) is 0 Å². The molecule has 0 spiro atoms. The summed E-state index contributed by atoms with van der Waals surface area (Å²) >= 11 is 1.58. The monoisotopic (exact) mass is 277 g/mol. The molecule has 1 fully saturated rings. The lowest BCUT2D eigenvalue weighted by Crippen LogP contribution is -2.46. The summed E-state index contributed by atoms with van der Waals surface area (Å²) in [5, 5.41) is 5.12. The minimum atomic E-state index is -4.08. The van der Waals surface area contributed by atoms with Crippen molar-refractivity contribution in [3.05, 3.63) is 22.4 Å². The summed E-state index contributed by atoms with van der Waals surface area (Å²) in [4.78, 5) is 1.10. The highest BCUT2D eigenvalue weighted by molar-refractivity contribution is 7.10. The molecule has 0 aliphatic heterocycles. The second-order valence-corrected chi connectivity index (χ2v) is 5.92. The van der Waals surface area contributed by atoms with E-state index in [1.165, 1.54) is 0 Å². The Labute approximate surface area is 109 Å². The maximum Gasteiger partial charge on any atom is 0.393 e.